The summed E-state index contributed by atoms with van der Waals surface area (Å²) in [5.41, 5.74) is 5.90. The number of phenolic OH excluding ortho intramolecular Hbond substituents is 1. The Kier molecular flexibility index (Phi) is 9.71. The van der Waals surface area contributed by atoms with Gasteiger partial charge in [0.25, 0.3) is 30.4 Å². The van der Waals surface area contributed by atoms with E-state index in [1.807, 2.05) is 0 Å². The van der Waals surface area contributed by atoms with Crippen LogP contribution in [0.3, 0.4) is 0 Å². The van der Waals surface area contributed by atoms with Crippen molar-refractivity contribution in [2.75, 3.05) is 5.73 Å². The molecule has 0 aromatic heterocycles. The Bertz CT molecular complexity index is 2850. The predicted octanol–water partition coefficient (Wildman–Crippen LogP) is 7.43. The van der Waals surface area contributed by atoms with Gasteiger partial charge >= 0.3 is 0 Å². The summed E-state index contributed by atoms with van der Waals surface area (Å²) in [5.74, 6) is -0.628. The topological polar surface area (TPSA) is 297 Å². The van der Waals surface area contributed by atoms with Gasteiger partial charge in [-0.25, -0.2) is 5.26 Å². The maximum absolute atomic E-state index is 12.0. The minimum atomic E-state index is -4.71. The van der Waals surface area contributed by atoms with Gasteiger partial charge < -0.3 is 10.8 Å². The number of fused-ring (bicyclic) bond motifs is 3. The zero-order chi connectivity index (χ0) is 37.6. The van der Waals surface area contributed by atoms with Gasteiger partial charge in [-0.3, -0.25) is 13.7 Å². The highest BCUT2D eigenvalue weighted by molar-refractivity contribution is 7.94. The molecular formula is C30H21N5O13S4. The summed E-state index contributed by atoms with van der Waals surface area (Å²) in [6, 6.07) is 18.3. The summed E-state index contributed by atoms with van der Waals surface area (Å²) in [7, 11) is -13.9. The number of nitrogen functional groups attached to an aromatic ring is 1. The zero-order valence-corrected chi connectivity index (χ0v) is 28.9. The van der Waals surface area contributed by atoms with Crippen molar-refractivity contribution in [1.29, 1.82) is 0 Å². The minimum Gasteiger partial charge on any atom is -0.505 e. The number of phenols is 1. The van der Waals surface area contributed by atoms with E-state index < -0.39 is 45.9 Å². The van der Waals surface area contributed by atoms with Gasteiger partial charge in [0.15, 0.2) is 5.75 Å². The molecule has 52 heavy (non-hydrogen) atoms. The number of hydrogen-bond acceptors (Lipinski definition) is 16. The highest BCUT2D eigenvalue weighted by Crippen LogP contribution is 2.47. The number of anilines is 1. The van der Waals surface area contributed by atoms with Crippen LogP contribution in [0.5, 0.6) is 5.75 Å². The van der Waals surface area contributed by atoms with Crippen molar-refractivity contribution in [3.63, 3.8) is 0 Å². The van der Waals surface area contributed by atoms with Crippen LogP contribution < -0.4 is 5.73 Å². The molecule has 7 N–H and O–H groups in total. The number of rotatable bonds is 10. The lowest BCUT2D eigenvalue weighted by molar-refractivity contribution is -0.432. The Morgan fingerprint density at radius 1 is 0.635 bits per heavy atom. The van der Waals surface area contributed by atoms with E-state index >= 15 is 0 Å². The van der Waals surface area contributed by atoms with Gasteiger partial charge in [0.05, 0.1) is 43.8 Å². The molecule has 0 atom stereocenters. The number of azo groups is 2. The number of aromatic hydroxyl groups is 1. The molecule has 6 rings (SSSR count). The zero-order valence-electron chi connectivity index (χ0n) is 25.6. The second-order valence-electron chi connectivity index (χ2n) is 10.7. The van der Waals surface area contributed by atoms with Crippen LogP contribution in [-0.4, -0.2) is 49.3 Å². The maximum Gasteiger partial charge on any atom is 0.295 e. The molecule has 0 saturated heterocycles. The van der Waals surface area contributed by atoms with Gasteiger partial charge in [0.1, 0.15) is 10.6 Å². The van der Waals surface area contributed by atoms with Crippen LogP contribution in [0.1, 0.15) is 0 Å². The Labute approximate surface area is 297 Å². The molecule has 0 heterocycles. The summed E-state index contributed by atoms with van der Waals surface area (Å²) in [4.78, 5) is -1.46. The van der Waals surface area contributed by atoms with Gasteiger partial charge in [0, 0.05) is 27.2 Å². The third-order valence-corrected chi connectivity index (χ3v) is 10.7. The molecule has 0 saturated carbocycles. The van der Waals surface area contributed by atoms with Crippen LogP contribution in [0.25, 0.3) is 32.3 Å². The molecule has 268 valence electrons. The standard InChI is InChI=1S/C30H21N5O13S4/c31-23-14-19(51(41,42)43)11-16-12-26(49-48-47-37)29(30(36)28(16)23)35-34-25-9-8-24(21-7-5-18(13-22(21)25)50(38,39)40)33-32-17-4-6-20-15(10-17)2-1-3-27(20)52(44,45)46/h1-14,36-37H,31H2,(H,38,39,40)(H,41,42,43)(H,44,45,46). The van der Waals surface area contributed by atoms with Crippen molar-refractivity contribution < 1.29 is 58.6 Å². The lowest BCUT2D eigenvalue weighted by atomic mass is 10.1. The van der Waals surface area contributed by atoms with Gasteiger partial charge in [0.2, 0.25) is 0 Å². The normalized spacial score (nSPS) is 12.9. The SMILES string of the molecule is Nc1cc(S(=O)(=O)O)cc2cc(SOOO)c(N=Nc3ccc(N=Nc4ccc5c(S(=O)(=O)O)cccc5c4)c4ccc(S(=O)(=O)O)cc34)c(O)c12. The van der Waals surface area contributed by atoms with Crippen molar-refractivity contribution in [1.82, 2.24) is 0 Å². The van der Waals surface area contributed by atoms with Gasteiger partial charge in [-0.15, -0.1) is 19.7 Å². The third kappa shape index (κ3) is 7.42. The Hall–Kier alpha value is -5.14. The first-order valence-electron chi connectivity index (χ1n) is 14.0. The van der Waals surface area contributed by atoms with Crippen LogP contribution >= 0.6 is 12.0 Å². The fourth-order valence-corrected chi connectivity index (χ4v) is 7.50. The second-order valence-corrected chi connectivity index (χ2v) is 15.7. The van der Waals surface area contributed by atoms with Crippen molar-refractivity contribution >= 4 is 103 Å². The Morgan fingerprint density at radius 3 is 1.98 bits per heavy atom. The van der Waals surface area contributed by atoms with Gasteiger partial charge in [-0.2, -0.15) is 30.4 Å². The van der Waals surface area contributed by atoms with E-state index in [1.165, 1.54) is 54.6 Å². The van der Waals surface area contributed by atoms with Crippen LogP contribution in [0.4, 0.5) is 28.4 Å². The number of hydrogen-bond donors (Lipinski definition) is 6. The molecule has 0 spiro atoms. The maximum atomic E-state index is 12.0. The van der Waals surface area contributed by atoms with Crippen LogP contribution in [0, 0.1) is 0 Å². The lowest BCUT2D eigenvalue weighted by Gasteiger charge is -2.12. The van der Waals surface area contributed by atoms with E-state index in [0.29, 0.717) is 23.1 Å². The van der Waals surface area contributed by atoms with E-state index in [-0.39, 0.29) is 59.5 Å². The number of benzene rings is 6. The van der Waals surface area contributed by atoms with Crippen LogP contribution in [0.2, 0.25) is 0 Å². The molecule has 22 heteroatoms. The molecule has 18 nitrogen and oxygen atoms in total. The summed E-state index contributed by atoms with van der Waals surface area (Å²) in [5, 5.41) is 41.3. The van der Waals surface area contributed by atoms with Crippen molar-refractivity contribution in [2.45, 2.75) is 19.6 Å². The number of nitrogens with zero attached hydrogens (tertiary/aromatic N) is 4. The molecule has 0 aliphatic rings. The number of nitrogens with two attached hydrogens (primary N) is 1. The highest BCUT2D eigenvalue weighted by Gasteiger charge is 2.21. The van der Waals surface area contributed by atoms with E-state index in [4.69, 9.17) is 11.0 Å². The third-order valence-electron chi connectivity index (χ3n) is 7.48. The van der Waals surface area contributed by atoms with Crippen LogP contribution in [-0.2, 0) is 39.7 Å². The quantitative estimate of drug-likeness (QED) is 0.0196. The monoisotopic (exact) mass is 787 g/mol. The Morgan fingerprint density at radius 2 is 1.31 bits per heavy atom. The molecule has 0 radical (unpaired) electrons. The smallest absolute Gasteiger partial charge is 0.295 e. The summed E-state index contributed by atoms with van der Waals surface area (Å²) in [6.07, 6.45) is 0. The molecule has 0 fully saturated rings. The first-order valence-corrected chi connectivity index (χ1v) is 19.1. The molecule has 6 aromatic rings. The van der Waals surface area contributed by atoms with Crippen molar-refractivity contribution in [3.8, 4) is 5.75 Å². The van der Waals surface area contributed by atoms with E-state index in [1.54, 1.807) is 6.07 Å². The molecule has 6 aromatic carbocycles. The van der Waals surface area contributed by atoms with Crippen molar-refractivity contribution in [2.24, 2.45) is 20.5 Å². The minimum absolute atomic E-state index is 0.00707. The molecule has 0 unspecified atom stereocenters. The Balaban J connectivity index is 1.47. The first-order chi connectivity index (χ1) is 24.5. The van der Waals surface area contributed by atoms with Gasteiger partial charge in [-0.1, -0.05) is 29.3 Å². The average molecular weight is 788 g/mol. The molecule has 0 aliphatic heterocycles. The fourth-order valence-electron chi connectivity index (χ4n) is 5.23. The summed E-state index contributed by atoms with van der Waals surface area (Å²) in [6.45, 7) is 0. The predicted molar refractivity (Wildman–Crippen MR) is 186 cm³/mol. The molecular weight excluding hydrogens is 767 g/mol. The highest BCUT2D eigenvalue weighted by atomic mass is 32.2. The molecule has 0 amide bonds. The summed E-state index contributed by atoms with van der Waals surface area (Å²) >= 11 is 0.329. The fraction of sp³-hybridized carbons (Fsp3) is 0. The van der Waals surface area contributed by atoms with E-state index in [9.17, 15) is 44.0 Å². The van der Waals surface area contributed by atoms with Gasteiger partial charge in [-0.05, 0) is 71.4 Å². The molecule has 0 aliphatic carbocycles. The second kappa shape index (κ2) is 13.8. The van der Waals surface area contributed by atoms with E-state index in [0.717, 1.165) is 24.3 Å². The van der Waals surface area contributed by atoms with Crippen LogP contribution in [0.15, 0.2) is 125 Å². The summed E-state index contributed by atoms with van der Waals surface area (Å²) < 4.78 is 104. The average Bonchev–Trinajstić information content (AvgIpc) is 3.07. The first kappa shape index (κ1) is 36.6. The lowest BCUT2D eigenvalue weighted by Crippen LogP contribution is -2.00. The molecule has 0 bridgehead atoms. The van der Waals surface area contributed by atoms with Crippen molar-refractivity contribution in [3.05, 3.63) is 84.9 Å². The van der Waals surface area contributed by atoms with E-state index in [2.05, 4.69) is 29.8 Å². The largest absolute Gasteiger partial charge is 0.505 e.